The highest BCUT2D eigenvalue weighted by Crippen LogP contribution is 2.36. The number of hydrogen-bond acceptors (Lipinski definition) is 4. The Kier molecular flexibility index (Phi) is 4.30. The molecule has 0 spiro atoms. The van der Waals surface area contributed by atoms with Crippen LogP contribution >= 0.6 is 0 Å². The first-order valence-electron chi connectivity index (χ1n) is 9.18. The van der Waals surface area contributed by atoms with E-state index in [0.29, 0.717) is 24.2 Å². The van der Waals surface area contributed by atoms with E-state index < -0.39 is 0 Å². The van der Waals surface area contributed by atoms with E-state index in [1.165, 1.54) is 4.90 Å². The maximum atomic E-state index is 13.1. The van der Waals surface area contributed by atoms with Gasteiger partial charge in [0, 0.05) is 12.5 Å². The number of benzene rings is 1. The summed E-state index contributed by atoms with van der Waals surface area (Å²) in [6, 6.07) is 6.68. The van der Waals surface area contributed by atoms with Gasteiger partial charge in [0.05, 0.1) is 23.2 Å². The molecule has 1 N–H and O–H groups in total. The zero-order valence-corrected chi connectivity index (χ0v) is 15.1. The summed E-state index contributed by atoms with van der Waals surface area (Å²) >= 11 is 0. The van der Waals surface area contributed by atoms with E-state index >= 15 is 0 Å². The summed E-state index contributed by atoms with van der Waals surface area (Å²) in [7, 11) is 0. The van der Waals surface area contributed by atoms with Gasteiger partial charge in [-0.05, 0) is 31.9 Å². The van der Waals surface area contributed by atoms with Crippen molar-refractivity contribution in [1.29, 1.82) is 0 Å². The molecule has 140 valence electrons. The summed E-state index contributed by atoms with van der Waals surface area (Å²) in [6.07, 6.45) is 5.07. The monoisotopic (exact) mass is 367 g/mol. The first-order valence-corrected chi connectivity index (χ1v) is 9.18. The van der Waals surface area contributed by atoms with Crippen LogP contribution in [0.5, 0.6) is 0 Å². The molecular formula is C20H21N3O4. The van der Waals surface area contributed by atoms with Crippen molar-refractivity contribution in [1.82, 2.24) is 4.90 Å². The molecule has 1 aromatic rings. The molecule has 4 amide bonds. The average molecular weight is 367 g/mol. The van der Waals surface area contributed by atoms with Crippen LogP contribution in [-0.4, -0.2) is 41.1 Å². The summed E-state index contributed by atoms with van der Waals surface area (Å²) < 4.78 is 0. The molecule has 2 aliphatic heterocycles. The summed E-state index contributed by atoms with van der Waals surface area (Å²) in [4.78, 5) is 53.1. The second kappa shape index (κ2) is 6.64. The average Bonchev–Trinajstić information content (AvgIpc) is 2.80. The van der Waals surface area contributed by atoms with Gasteiger partial charge in [0.25, 0.3) is 0 Å². The fourth-order valence-electron chi connectivity index (χ4n) is 4.20. The number of hydrogen-bond donors (Lipinski definition) is 1. The van der Waals surface area contributed by atoms with Gasteiger partial charge in [-0.15, -0.1) is 0 Å². The van der Waals surface area contributed by atoms with E-state index in [2.05, 4.69) is 5.32 Å². The number of allylic oxidation sites excluding steroid dienone is 2. The van der Waals surface area contributed by atoms with Crippen molar-refractivity contribution in [2.45, 2.75) is 32.2 Å². The summed E-state index contributed by atoms with van der Waals surface area (Å²) in [5.74, 6) is -1.78. The lowest BCUT2D eigenvalue weighted by Gasteiger charge is -2.29. The number of imide groups is 1. The Bertz CT molecular complexity index is 837. The number of amides is 4. The molecule has 1 fully saturated rings. The van der Waals surface area contributed by atoms with Crippen molar-refractivity contribution in [3.05, 3.63) is 36.4 Å². The minimum atomic E-state index is -0.377. The lowest BCUT2D eigenvalue weighted by molar-refractivity contribution is -0.143. The number of nitrogens with zero attached hydrogens (tertiary/aromatic N) is 2. The molecule has 3 aliphatic rings. The van der Waals surface area contributed by atoms with Gasteiger partial charge in [-0.1, -0.05) is 24.3 Å². The van der Waals surface area contributed by atoms with E-state index in [1.807, 2.05) is 12.2 Å². The molecule has 0 radical (unpaired) electrons. The van der Waals surface area contributed by atoms with E-state index in [1.54, 1.807) is 31.2 Å². The Morgan fingerprint density at radius 1 is 1.07 bits per heavy atom. The predicted molar refractivity (Wildman–Crippen MR) is 98.7 cm³/mol. The van der Waals surface area contributed by atoms with Crippen LogP contribution in [0.3, 0.4) is 0 Å². The Labute approximate surface area is 157 Å². The number of carbonyl (C=O) groups is 4. The van der Waals surface area contributed by atoms with Crippen LogP contribution in [-0.2, 0) is 19.2 Å². The molecule has 4 rings (SSSR count). The van der Waals surface area contributed by atoms with E-state index in [4.69, 9.17) is 0 Å². The molecule has 27 heavy (non-hydrogen) atoms. The minimum absolute atomic E-state index is 0.150. The highest BCUT2D eigenvalue weighted by Gasteiger charge is 2.48. The Morgan fingerprint density at radius 3 is 2.37 bits per heavy atom. The number of nitrogens with one attached hydrogen (secondary N) is 1. The number of rotatable bonds is 2. The number of likely N-dealkylation sites (tertiary alicyclic amines) is 1. The van der Waals surface area contributed by atoms with E-state index in [-0.39, 0.29) is 54.5 Å². The Morgan fingerprint density at radius 2 is 1.70 bits per heavy atom. The molecule has 0 aromatic heterocycles. The molecule has 7 nitrogen and oxygen atoms in total. The standard InChI is InChI=1S/C20H21N3O4/c1-12-10-17(24)21-15-8-4-5-9-16(15)23(12)18(25)11-22-19(26)13-6-2-3-7-14(13)20(22)27/h2-5,8-9,12-14H,6-7,10-11H2,1H3,(H,21,24)/t12-,13+,14+/m1/s1. The van der Waals surface area contributed by atoms with Gasteiger partial charge in [0.15, 0.2) is 0 Å². The molecule has 2 heterocycles. The third-order valence-electron chi connectivity index (χ3n) is 5.52. The lowest BCUT2D eigenvalue weighted by atomic mass is 9.85. The van der Waals surface area contributed by atoms with Gasteiger partial charge >= 0.3 is 0 Å². The van der Waals surface area contributed by atoms with Crippen LogP contribution < -0.4 is 10.2 Å². The minimum Gasteiger partial charge on any atom is -0.324 e. The van der Waals surface area contributed by atoms with E-state index in [0.717, 1.165) is 4.90 Å². The topological polar surface area (TPSA) is 86.8 Å². The summed E-state index contributed by atoms with van der Waals surface area (Å²) in [5.41, 5.74) is 1.14. The molecule has 0 saturated carbocycles. The van der Waals surface area contributed by atoms with Crippen LogP contribution in [0.4, 0.5) is 11.4 Å². The van der Waals surface area contributed by atoms with Crippen molar-refractivity contribution in [2.75, 3.05) is 16.8 Å². The van der Waals surface area contributed by atoms with Gasteiger partial charge in [0.2, 0.25) is 23.6 Å². The molecule has 0 unspecified atom stereocenters. The van der Waals surface area contributed by atoms with Crippen molar-refractivity contribution in [3.8, 4) is 0 Å². The fraction of sp³-hybridized carbons (Fsp3) is 0.400. The van der Waals surface area contributed by atoms with Gasteiger partial charge in [-0.3, -0.25) is 24.1 Å². The summed E-state index contributed by atoms with van der Waals surface area (Å²) in [6.45, 7) is 1.49. The predicted octanol–water partition coefficient (Wildman–Crippen LogP) is 1.70. The third kappa shape index (κ3) is 2.93. The maximum Gasteiger partial charge on any atom is 0.247 e. The molecule has 0 bridgehead atoms. The zero-order valence-electron chi connectivity index (χ0n) is 15.1. The van der Waals surface area contributed by atoms with Gasteiger partial charge in [0.1, 0.15) is 6.54 Å². The first-order chi connectivity index (χ1) is 13.0. The molecular weight excluding hydrogens is 346 g/mol. The maximum absolute atomic E-state index is 13.1. The second-order valence-electron chi connectivity index (χ2n) is 7.30. The molecule has 7 heteroatoms. The largest absolute Gasteiger partial charge is 0.324 e. The highest BCUT2D eigenvalue weighted by atomic mass is 16.2. The zero-order chi connectivity index (χ0) is 19.1. The van der Waals surface area contributed by atoms with Crippen LogP contribution in [0, 0.1) is 11.8 Å². The molecule has 1 aliphatic carbocycles. The number of fused-ring (bicyclic) bond motifs is 2. The molecule has 1 aromatic carbocycles. The quantitative estimate of drug-likeness (QED) is 0.637. The van der Waals surface area contributed by atoms with E-state index in [9.17, 15) is 19.2 Å². The van der Waals surface area contributed by atoms with Crippen molar-refractivity contribution >= 4 is 35.0 Å². The fourth-order valence-corrected chi connectivity index (χ4v) is 4.20. The summed E-state index contributed by atoms with van der Waals surface area (Å²) in [5, 5.41) is 2.80. The Hall–Kier alpha value is -2.96. The smallest absolute Gasteiger partial charge is 0.247 e. The lowest BCUT2D eigenvalue weighted by Crippen LogP contribution is -2.46. The van der Waals surface area contributed by atoms with Crippen molar-refractivity contribution in [3.63, 3.8) is 0 Å². The van der Waals surface area contributed by atoms with Gasteiger partial charge in [-0.25, -0.2) is 0 Å². The number of anilines is 2. The number of carbonyl (C=O) groups excluding carboxylic acids is 4. The van der Waals surface area contributed by atoms with Crippen LogP contribution in [0.15, 0.2) is 36.4 Å². The SMILES string of the molecule is C[C@@H]1CC(=O)Nc2ccccc2N1C(=O)CN1C(=O)[C@H]2CC=CC[C@@H]2C1=O. The highest BCUT2D eigenvalue weighted by molar-refractivity contribution is 6.11. The van der Waals surface area contributed by atoms with Gasteiger partial charge in [-0.2, -0.15) is 0 Å². The number of para-hydroxylation sites is 2. The van der Waals surface area contributed by atoms with Crippen LogP contribution in [0.25, 0.3) is 0 Å². The first kappa shape index (κ1) is 17.5. The molecule has 3 atom stereocenters. The van der Waals surface area contributed by atoms with Gasteiger partial charge < -0.3 is 10.2 Å². The second-order valence-corrected chi connectivity index (χ2v) is 7.30. The third-order valence-corrected chi connectivity index (χ3v) is 5.52. The molecule has 1 saturated heterocycles. The van der Waals surface area contributed by atoms with Crippen LogP contribution in [0.2, 0.25) is 0 Å². The van der Waals surface area contributed by atoms with Crippen LogP contribution in [0.1, 0.15) is 26.2 Å². The van der Waals surface area contributed by atoms with Crippen molar-refractivity contribution < 1.29 is 19.2 Å². The Balaban J connectivity index is 1.60. The van der Waals surface area contributed by atoms with Crippen molar-refractivity contribution in [2.24, 2.45) is 11.8 Å². The normalized spacial score (nSPS) is 27.1.